The van der Waals surface area contributed by atoms with Crippen molar-refractivity contribution in [3.63, 3.8) is 0 Å². The number of allylic oxidation sites excluding steroid dienone is 4. The number of carbonyl (C=O) groups is 1. The minimum Gasteiger partial charge on any atom is -0.495 e. The number of methoxy groups -OCH3 is 1. The van der Waals surface area contributed by atoms with Gasteiger partial charge in [0.05, 0.1) is 24.5 Å². The van der Waals surface area contributed by atoms with Crippen LogP contribution in [0.1, 0.15) is 93.6 Å². The molecular formula is C30H50ClNO3. The lowest BCUT2D eigenvalue weighted by Gasteiger charge is -2.22. The minimum atomic E-state index is -0.176. The average Bonchev–Trinajstić information content (AvgIpc) is 3.48. The van der Waals surface area contributed by atoms with Crippen LogP contribution in [0.2, 0.25) is 5.02 Å². The van der Waals surface area contributed by atoms with Crippen LogP contribution in [-0.4, -0.2) is 31.8 Å². The molecule has 0 N–H and O–H groups in total. The van der Waals surface area contributed by atoms with Crippen LogP contribution >= 0.6 is 11.6 Å². The van der Waals surface area contributed by atoms with Crippen molar-refractivity contribution in [3.05, 3.63) is 46.5 Å². The summed E-state index contributed by atoms with van der Waals surface area (Å²) in [7, 11) is 3.37. The summed E-state index contributed by atoms with van der Waals surface area (Å²) in [6.45, 7) is 18.7. The minimum absolute atomic E-state index is 0.0188. The Hall–Kier alpha value is -1.78. The van der Waals surface area contributed by atoms with Crippen LogP contribution in [0.3, 0.4) is 0 Å². The lowest BCUT2D eigenvalue weighted by Crippen LogP contribution is -2.28. The third-order valence-electron chi connectivity index (χ3n) is 6.35. The number of amides is 1. The molecule has 3 atom stereocenters. The summed E-state index contributed by atoms with van der Waals surface area (Å²) < 4.78 is 11.1. The van der Waals surface area contributed by atoms with Crippen molar-refractivity contribution in [1.29, 1.82) is 0 Å². The van der Waals surface area contributed by atoms with Crippen LogP contribution in [0.15, 0.2) is 35.9 Å². The highest BCUT2D eigenvalue weighted by Crippen LogP contribution is 2.41. The second-order valence-electron chi connectivity index (χ2n) is 9.02. The molecule has 35 heavy (non-hydrogen) atoms. The molecule has 1 heterocycles. The number of carbonyl (C=O) groups excluding carboxylic acids is 1. The highest BCUT2D eigenvalue weighted by atomic mass is 35.5. The maximum atomic E-state index is 12.8. The number of hydrogen-bond acceptors (Lipinski definition) is 3. The fraction of sp³-hybridized carbons (Fsp3) is 0.633. The molecule has 1 aromatic carbocycles. The van der Waals surface area contributed by atoms with Crippen molar-refractivity contribution in [2.75, 3.05) is 19.1 Å². The Bertz CT molecular complexity index is 833. The van der Waals surface area contributed by atoms with E-state index in [1.807, 2.05) is 53.7 Å². The first-order valence-corrected chi connectivity index (χ1v) is 13.6. The van der Waals surface area contributed by atoms with E-state index in [0.29, 0.717) is 35.2 Å². The van der Waals surface area contributed by atoms with Gasteiger partial charge in [0, 0.05) is 13.5 Å². The normalized spacial score (nSPS) is 19.8. The average molecular weight is 508 g/mol. The summed E-state index contributed by atoms with van der Waals surface area (Å²) in [5.41, 5.74) is 2.80. The summed E-state index contributed by atoms with van der Waals surface area (Å²) in [5.74, 6) is 1.31. The quantitative estimate of drug-likeness (QED) is 0.222. The molecule has 4 nitrogen and oxygen atoms in total. The zero-order valence-corrected chi connectivity index (χ0v) is 24.9. The molecule has 200 valence electrons. The van der Waals surface area contributed by atoms with E-state index in [9.17, 15) is 4.79 Å². The van der Waals surface area contributed by atoms with Crippen LogP contribution < -0.4 is 9.64 Å². The van der Waals surface area contributed by atoms with E-state index >= 15 is 0 Å². The lowest BCUT2D eigenvalue weighted by atomic mass is 10.0. The fourth-order valence-corrected chi connectivity index (χ4v) is 3.83. The summed E-state index contributed by atoms with van der Waals surface area (Å²) in [5, 5.41) is 0.458. The molecule has 5 heteroatoms. The third-order valence-corrected chi connectivity index (χ3v) is 6.73. The van der Waals surface area contributed by atoms with Gasteiger partial charge in [-0.1, -0.05) is 83.4 Å². The molecule has 0 radical (unpaired) electrons. The molecule has 2 rings (SSSR count). The van der Waals surface area contributed by atoms with Gasteiger partial charge in [-0.2, -0.15) is 0 Å². The van der Waals surface area contributed by atoms with E-state index < -0.39 is 0 Å². The Labute approximate surface area is 220 Å². The van der Waals surface area contributed by atoms with Crippen molar-refractivity contribution in [1.82, 2.24) is 0 Å². The van der Waals surface area contributed by atoms with Crippen LogP contribution in [0.25, 0.3) is 0 Å². The second kappa shape index (κ2) is 16.8. The summed E-state index contributed by atoms with van der Waals surface area (Å²) in [4.78, 5) is 14.4. The molecule has 1 fully saturated rings. The van der Waals surface area contributed by atoms with E-state index in [-0.39, 0.29) is 17.6 Å². The highest BCUT2D eigenvalue weighted by molar-refractivity contribution is 6.35. The Morgan fingerprint density at radius 1 is 1.29 bits per heavy atom. The number of benzene rings is 1. The molecular weight excluding hydrogens is 458 g/mol. The Kier molecular flexibility index (Phi) is 16.0. The summed E-state index contributed by atoms with van der Waals surface area (Å²) in [6.07, 6.45) is 10.9. The Morgan fingerprint density at radius 3 is 2.40 bits per heavy atom. The van der Waals surface area contributed by atoms with E-state index in [4.69, 9.17) is 21.1 Å². The first kappa shape index (κ1) is 33.2. The smallest absolute Gasteiger partial charge is 0.226 e. The van der Waals surface area contributed by atoms with Gasteiger partial charge in [0.15, 0.2) is 0 Å². The number of rotatable bonds is 11. The van der Waals surface area contributed by atoms with Crippen LogP contribution in [0, 0.1) is 5.92 Å². The van der Waals surface area contributed by atoms with Crippen molar-refractivity contribution in [2.24, 2.45) is 5.92 Å². The molecule has 0 aromatic heterocycles. The van der Waals surface area contributed by atoms with Gasteiger partial charge >= 0.3 is 0 Å². The molecule has 1 unspecified atom stereocenters. The Balaban J connectivity index is 0.00000274. The maximum absolute atomic E-state index is 12.8. The van der Waals surface area contributed by atoms with Gasteiger partial charge in [0.1, 0.15) is 10.8 Å². The molecule has 1 saturated heterocycles. The number of epoxide rings is 1. The molecule has 1 aromatic rings. The van der Waals surface area contributed by atoms with Gasteiger partial charge in [-0.15, -0.1) is 0 Å². The first-order valence-electron chi connectivity index (χ1n) is 13.2. The first-order chi connectivity index (χ1) is 16.6. The zero-order valence-electron chi connectivity index (χ0n) is 24.1. The van der Waals surface area contributed by atoms with Crippen molar-refractivity contribution < 1.29 is 14.3 Å². The van der Waals surface area contributed by atoms with Crippen LogP contribution in [0.4, 0.5) is 5.69 Å². The molecule has 0 aliphatic carbocycles. The van der Waals surface area contributed by atoms with E-state index in [1.165, 1.54) is 12.0 Å². The maximum Gasteiger partial charge on any atom is 0.226 e. The molecule has 1 aliphatic rings. The van der Waals surface area contributed by atoms with E-state index in [2.05, 4.69) is 39.0 Å². The van der Waals surface area contributed by atoms with Gasteiger partial charge in [-0.25, -0.2) is 0 Å². The molecule has 1 amide bonds. The predicted octanol–water partition coefficient (Wildman–Crippen LogP) is 8.80. The van der Waals surface area contributed by atoms with Crippen LogP contribution in [-0.2, 0) is 16.0 Å². The summed E-state index contributed by atoms with van der Waals surface area (Å²) >= 11 is 6.56. The van der Waals surface area contributed by atoms with E-state index in [0.717, 1.165) is 18.4 Å². The number of halogens is 1. The van der Waals surface area contributed by atoms with Gasteiger partial charge in [-0.05, 0) is 63.6 Å². The molecule has 0 spiro atoms. The number of nitrogens with zero attached hydrogens (tertiary/aromatic N) is 1. The van der Waals surface area contributed by atoms with Gasteiger partial charge in [-0.3, -0.25) is 4.79 Å². The zero-order chi connectivity index (χ0) is 27.2. The number of anilines is 1. The van der Waals surface area contributed by atoms with Gasteiger partial charge < -0.3 is 14.4 Å². The van der Waals surface area contributed by atoms with Crippen LogP contribution in [0.5, 0.6) is 5.75 Å². The van der Waals surface area contributed by atoms with Gasteiger partial charge in [0.25, 0.3) is 0 Å². The Morgan fingerprint density at radius 2 is 1.89 bits per heavy atom. The van der Waals surface area contributed by atoms with E-state index in [1.54, 1.807) is 19.1 Å². The van der Waals surface area contributed by atoms with Crippen molar-refractivity contribution in [3.8, 4) is 5.75 Å². The fourth-order valence-electron chi connectivity index (χ4n) is 3.51. The molecule has 0 bridgehead atoms. The van der Waals surface area contributed by atoms with Gasteiger partial charge in [0.2, 0.25) is 5.91 Å². The molecule has 1 aliphatic heterocycles. The van der Waals surface area contributed by atoms with Crippen molar-refractivity contribution >= 4 is 23.2 Å². The molecule has 0 saturated carbocycles. The lowest BCUT2D eigenvalue weighted by molar-refractivity contribution is -0.118. The largest absolute Gasteiger partial charge is 0.495 e. The second-order valence-corrected chi connectivity index (χ2v) is 9.40. The SMILES string of the molecule is CC.CC.CCC(C)C/C=C/C=C(\C)Cc1cc(OC)c(Cl)c(N(C)C(=O)CC[C@]2(C)O[C@H]2C)c1. The highest BCUT2D eigenvalue weighted by Gasteiger charge is 2.48. The van der Waals surface area contributed by atoms with Crippen molar-refractivity contribution in [2.45, 2.75) is 106 Å². The topological polar surface area (TPSA) is 42.1 Å². The predicted molar refractivity (Wildman–Crippen MR) is 153 cm³/mol. The monoisotopic (exact) mass is 507 g/mol. The number of ether oxygens (including phenoxy) is 2. The number of hydrogen-bond donors (Lipinski definition) is 0. The third kappa shape index (κ3) is 10.8. The standard InChI is InChI=1S/C26H38ClNO3.2C2H6/c1-8-18(2)11-9-10-12-19(3)15-21-16-22(25(27)23(17-21)30-7)28(6)24(29)13-14-26(5)20(4)31-26;2*1-2/h9-10,12,16-18,20H,8,11,13-15H2,1-7H3;2*1-2H3/b10-9+,19-12+;;/t18?,20-,26-;;/m0../s1. The summed E-state index contributed by atoms with van der Waals surface area (Å²) in [6, 6.07) is 3.94.